The smallest absolute Gasteiger partial charge is 0.191 e. The highest BCUT2D eigenvalue weighted by molar-refractivity contribution is 5.96. The highest BCUT2D eigenvalue weighted by atomic mass is 19.1. The van der Waals surface area contributed by atoms with Crippen LogP contribution in [0.5, 0.6) is 0 Å². The lowest BCUT2D eigenvalue weighted by Crippen LogP contribution is -2.34. The van der Waals surface area contributed by atoms with Gasteiger partial charge in [-0.25, -0.2) is 4.39 Å². The Bertz CT molecular complexity index is 1050. The fourth-order valence-corrected chi connectivity index (χ4v) is 4.28. The van der Waals surface area contributed by atoms with Crippen LogP contribution in [0.15, 0.2) is 58.7 Å². The zero-order valence-electron chi connectivity index (χ0n) is 18.6. The van der Waals surface area contributed by atoms with E-state index in [9.17, 15) is 9.18 Å². The summed E-state index contributed by atoms with van der Waals surface area (Å²) in [7, 11) is 1.61. The first-order chi connectivity index (χ1) is 15.5. The SMILES string of the molecule is COC1(OC/C=C\CN2CCC(c3noc4cc(F)ccc34)CC2)C=CC(C(C)=O)=CC1. The lowest BCUT2D eigenvalue weighted by Gasteiger charge is -2.31. The minimum Gasteiger partial charge on any atom is -0.356 e. The summed E-state index contributed by atoms with van der Waals surface area (Å²) in [4.78, 5) is 13.9. The Labute approximate surface area is 187 Å². The molecule has 1 aliphatic carbocycles. The molecule has 1 aromatic heterocycles. The molecule has 1 aliphatic heterocycles. The fraction of sp³-hybridized carbons (Fsp3) is 0.440. The summed E-state index contributed by atoms with van der Waals surface area (Å²) < 4.78 is 30.2. The van der Waals surface area contributed by atoms with Crippen LogP contribution in [0.25, 0.3) is 11.0 Å². The Balaban J connectivity index is 1.22. The fourth-order valence-electron chi connectivity index (χ4n) is 4.28. The Morgan fingerprint density at radius 1 is 1.34 bits per heavy atom. The number of ether oxygens (including phenoxy) is 2. The van der Waals surface area contributed by atoms with Crippen molar-refractivity contribution < 1.29 is 23.2 Å². The summed E-state index contributed by atoms with van der Waals surface area (Å²) in [6, 6.07) is 4.61. The average molecular weight is 441 g/mol. The number of allylic oxidation sites excluding steroid dienone is 2. The van der Waals surface area contributed by atoms with E-state index >= 15 is 0 Å². The van der Waals surface area contributed by atoms with E-state index in [1.807, 2.05) is 18.2 Å². The summed E-state index contributed by atoms with van der Waals surface area (Å²) in [6.45, 7) is 4.77. The molecule has 0 radical (unpaired) electrons. The number of aromatic nitrogens is 1. The van der Waals surface area contributed by atoms with Crippen LogP contribution in [0.4, 0.5) is 4.39 Å². The van der Waals surface area contributed by atoms with Crippen LogP contribution in [0.2, 0.25) is 0 Å². The quantitative estimate of drug-likeness (QED) is 0.444. The summed E-state index contributed by atoms with van der Waals surface area (Å²) in [5, 5.41) is 5.13. The highest BCUT2D eigenvalue weighted by Gasteiger charge is 2.29. The third-order valence-electron chi connectivity index (χ3n) is 6.27. The van der Waals surface area contributed by atoms with Crippen LogP contribution in [0.3, 0.4) is 0 Å². The maximum atomic E-state index is 13.4. The predicted octanol–water partition coefficient (Wildman–Crippen LogP) is 4.54. The lowest BCUT2D eigenvalue weighted by molar-refractivity contribution is -0.179. The first-order valence-electron chi connectivity index (χ1n) is 11.0. The van der Waals surface area contributed by atoms with Crippen molar-refractivity contribution in [3.05, 3.63) is 65.7 Å². The number of nitrogens with zero attached hydrogens (tertiary/aromatic N) is 2. The van der Waals surface area contributed by atoms with Gasteiger partial charge in [0.1, 0.15) is 5.82 Å². The minimum atomic E-state index is -0.815. The second-order valence-electron chi connectivity index (χ2n) is 8.33. The second kappa shape index (κ2) is 9.90. The van der Waals surface area contributed by atoms with E-state index in [1.54, 1.807) is 26.2 Å². The number of ketones is 1. The molecule has 1 fully saturated rings. The number of carbonyl (C=O) groups excluding carboxylic acids is 1. The highest BCUT2D eigenvalue weighted by Crippen LogP contribution is 2.32. The van der Waals surface area contributed by atoms with Gasteiger partial charge in [0.2, 0.25) is 0 Å². The largest absolute Gasteiger partial charge is 0.356 e. The van der Waals surface area contributed by atoms with E-state index in [1.165, 1.54) is 12.1 Å². The van der Waals surface area contributed by atoms with Gasteiger partial charge < -0.3 is 14.0 Å². The molecule has 170 valence electrons. The van der Waals surface area contributed by atoms with Gasteiger partial charge in [0, 0.05) is 43.0 Å². The van der Waals surface area contributed by atoms with Gasteiger partial charge in [0.05, 0.1) is 12.3 Å². The summed E-state index contributed by atoms with van der Waals surface area (Å²) in [6.07, 6.45) is 12.0. The van der Waals surface area contributed by atoms with Crippen molar-refractivity contribution >= 4 is 16.8 Å². The van der Waals surface area contributed by atoms with Crippen molar-refractivity contribution in [1.82, 2.24) is 10.1 Å². The Morgan fingerprint density at radius 3 is 2.84 bits per heavy atom. The molecule has 1 atom stereocenters. The van der Waals surface area contributed by atoms with Crippen LogP contribution >= 0.6 is 0 Å². The van der Waals surface area contributed by atoms with Gasteiger partial charge in [-0.3, -0.25) is 9.69 Å². The standard InChI is InChI=1S/C25H29FN2O4/c1-18(29)19-7-11-25(30-2,12-8-19)31-16-4-3-13-28-14-9-20(10-15-28)24-22-6-5-21(26)17-23(22)32-27-24/h3-8,11,17,20H,9-10,12-16H2,1-2H3/b4-3-. The molecule has 0 amide bonds. The molecule has 2 heterocycles. The number of carbonyl (C=O) groups is 1. The molecule has 4 rings (SSSR count). The number of methoxy groups -OCH3 is 1. The third-order valence-corrected chi connectivity index (χ3v) is 6.27. The van der Waals surface area contributed by atoms with Crippen molar-refractivity contribution in [2.45, 2.75) is 37.9 Å². The molecule has 7 heteroatoms. The minimum absolute atomic E-state index is 0.0419. The molecular weight excluding hydrogens is 411 g/mol. The van der Waals surface area contributed by atoms with Crippen molar-refractivity contribution in [1.29, 1.82) is 0 Å². The molecule has 6 nitrogen and oxygen atoms in total. The first kappa shape index (κ1) is 22.6. The van der Waals surface area contributed by atoms with E-state index < -0.39 is 5.79 Å². The summed E-state index contributed by atoms with van der Waals surface area (Å²) >= 11 is 0. The summed E-state index contributed by atoms with van der Waals surface area (Å²) in [5.41, 5.74) is 2.14. The molecule has 2 aromatic rings. The number of hydrogen-bond acceptors (Lipinski definition) is 6. The van der Waals surface area contributed by atoms with Crippen LogP contribution in [0, 0.1) is 5.82 Å². The molecule has 0 saturated carbocycles. The van der Waals surface area contributed by atoms with E-state index in [-0.39, 0.29) is 11.6 Å². The molecule has 0 bridgehead atoms. The molecular formula is C25H29FN2O4. The van der Waals surface area contributed by atoms with Gasteiger partial charge in [0.25, 0.3) is 0 Å². The van der Waals surface area contributed by atoms with Gasteiger partial charge in [0.15, 0.2) is 17.2 Å². The first-order valence-corrected chi connectivity index (χ1v) is 11.0. The average Bonchev–Trinajstić information content (AvgIpc) is 3.22. The normalized spacial score (nSPS) is 22.7. The predicted molar refractivity (Wildman–Crippen MR) is 120 cm³/mol. The number of benzene rings is 1. The monoisotopic (exact) mass is 440 g/mol. The van der Waals surface area contributed by atoms with Crippen molar-refractivity contribution in [3.8, 4) is 0 Å². The molecule has 1 saturated heterocycles. The molecule has 1 unspecified atom stereocenters. The second-order valence-corrected chi connectivity index (χ2v) is 8.33. The van der Waals surface area contributed by atoms with Crippen molar-refractivity contribution in [3.63, 3.8) is 0 Å². The number of halogens is 1. The number of rotatable bonds is 8. The van der Waals surface area contributed by atoms with Gasteiger partial charge >= 0.3 is 0 Å². The number of Topliss-reactive ketones (excluding diaryl/α,β-unsaturated/α-hetero) is 1. The third kappa shape index (κ3) is 5.06. The zero-order chi connectivity index (χ0) is 22.6. The van der Waals surface area contributed by atoms with E-state index in [4.69, 9.17) is 14.0 Å². The maximum Gasteiger partial charge on any atom is 0.191 e. The van der Waals surface area contributed by atoms with Gasteiger partial charge in [-0.15, -0.1) is 0 Å². The molecule has 32 heavy (non-hydrogen) atoms. The number of likely N-dealkylation sites (tertiary alicyclic amines) is 1. The van der Waals surface area contributed by atoms with Gasteiger partial charge in [-0.05, 0) is 51.1 Å². The van der Waals surface area contributed by atoms with Crippen molar-refractivity contribution in [2.24, 2.45) is 0 Å². The zero-order valence-corrected chi connectivity index (χ0v) is 18.6. The topological polar surface area (TPSA) is 64.8 Å². The number of fused-ring (bicyclic) bond motifs is 1. The van der Waals surface area contributed by atoms with E-state index in [0.717, 1.165) is 43.6 Å². The Hall–Kier alpha value is -2.61. The Morgan fingerprint density at radius 2 is 2.16 bits per heavy atom. The molecule has 0 spiro atoms. The molecule has 1 aromatic carbocycles. The van der Waals surface area contributed by atoms with Gasteiger partial charge in [-0.1, -0.05) is 29.5 Å². The van der Waals surface area contributed by atoms with E-state index in [2.05, 4.69) is 16.1 Å². The van der Waals surface area contributed by atoms with Crippen molar-refractivity contribution in [2.75, 3.05) is 33.4 Å². The number of hydrogen-bond donors (Lipinski definition) is 0. The van der Waals surface area contributed by atoms with Crippen LogP contribution < -0.4 is 0 Å². The Kier molecular flexibility index (Phi) is 6.98. The summed E-state index contributed by atoms with van der Waals surface area (Å²) in [5.74, 6) is -0.748. The molecule has 0 N–H and O–H groups in total. The lowest BCUT2D eigenvalue weighted by atomic mass is 9.91. The number of piperidine rings is 1. The van der Waals surface area contributed by atoms with Crippen LogP contribution in [-0.2, 0) is 14.3 Å². The van der Waals surface area contributed by atoms with Crippen LogP contribution in [-0.4, -0.2) is 55.0 Å². The van der Waals surface area contributed by atoms with E-state index in [0.29, 0.717) is 30.1 Å². The van der Waals surface area contributed by atoms with Crippen LogP contribution in [0.1, 0.15) is 37.8 Å². The van der Waals surface area contributed by atoms with Gasteiger partial charge in [-0.2, -0.15) is 0 Å². The maximum absolute atomic E-state index is 13.4. The molecule has 2 aliphatic rings.